The van der Waals surface area contributed by atoms with Gasteiger partial charge in [0.2, 0.25) is 0 Å². The lowest BCUT2D eigenvalue weighted by molar-refractivity contribution is 0.122. The Morgan fingerprint density at radius 1 is 1.10 bits per heavy atom. The third-order valence-corrected chi connectivity index (χ3v) is 5.53. The SMILES string of the molecule is O=c1[nH]c(N2CCOCC2)c(Nc2ccnc3[nH]ccc23)cc1-c1cc(Cl)ccc1F. The zero-order valence-corrected chi connectivity index (χ0v) is 17.2. The predicted octanol–water partition coefficient (Wildman–Crippen LogP) is 4.29. The van der Waals surface area contributed by atoms with Crippen LogP contribution in [0.15, 0.2) is 53.6 Å². The second-order valence-corrected chi connectivity index (χ2v) is 7.66. The monoisotopic (exact) mass is 439 g/mol. The molecule has 1 aliphatic rings. The van der Waals surface area contributed by atoms with E-state index in [0.717, 1.165) is 16.7 Å². The number of H-pyrrole nitrogens is 2. The van der Waals surface area contributed by atoms with Gasteiger partial charge in [-0.3, -0.25) is 4.79 Å². The Kier molecular flexibility index (Phi) is 5.09. The number of anilines is 3. The van der Waals surface area contributed by atoms with Crippen molar-refractivity contribution in [2.24, 2.45) is 0 Å². The highest BCUT2D eigenvalue weighted by Crippen LogP contribution is 2.33. The molecule has 3 N–H and O–H groups in total. The van der Waals surface area contributed by atoms with Crippen molar-refractivity contribution in [1.29, 1.82) is 0 Å². The van der Waals surface area contributed by atoms with Gasteiger partial charge in [-0.2, -0.15) is 0 Å². The highest BCUT2D eigenvalue weighted by molar-refractivity contribution is 6.30. The second-order valence-electron chi connectivity index (χ2n) is 7.22. The number of fused-ring (bicyclic) bond motifs is 1. The van der Waals surface area contributed by atoms with Crippen LogP contribution >= 0.6 is 11.6 Å². The van der Waals surface area contributed by atoms with Gasteiger partial charge in [-0.15, -0.1) is 0 Å². The van der Waals surface area contributed by atoms with Gasteiger partial charge in [0.05, 0.1) is 30.2 Å². The van der Waals surface area contributed by atoms with Gasteiger partial charge in [0.15, 0.2) is 0 Å². The zero-order valence-electron chi connectivity index (χ0n) is 16.4. The lowest BCUT2D eigenvalue weighted by Gasteiger charge is -2.30. The third kappa shape index (κ3) is 3.75. The molecule has 0 radical (unpaired) electrons. The van der Waals surface area contributed by atoms with E-state index in [1.807, 2.05) is 23.2 Å². The Morgan fingerprint density at radius 2 is 1.94 bits per heavy atom. The lowest BCUT2D eigenvalue weighted by Crippen LogP contribution is -2.38. The number of hydrogen-bond acceptors (Lipinski definition) is 5. The van der Waals surface area contributed by atoms with Crippen LogP contribution in [0.5, 0.6) is 0 Å². The van der Waals surface area contributed by atoms with Gasteiger partial charge in [-0.1, -0.05) is 11.6 Å². The number of halogens is 2. The van der Waals surface area contributed by atoms with E-state index in [1.165, 1.54) is 18.2 Å². The van der Waals surface area contributed by atoms with Crippen molar-refractivity contribution >= 4 is 39.8 Å². The Labute approximate surface area is 181 Å². The number of nitrogens with zero attached hydrogens (tertiary/aromatic N) is 2. The summed E-state index contributed by atoms with van der Waals surface area (Å²) in [4.78, 5) is 25.3. The highest BCUT2D eigenvalue weighted by atomic mass is 35.5. The van der Waals surface area contributed by atoms with Crippen LogP contribution in [0, 0.1) is 5.82 Å². The third-order valence-electron chi connectivity index (χ3n) is 5.30. The van der Waals surface area contributed by atoms with E-state index in [2.05, 4.69) is 20.3 Å². The van der Waals surface area contributed by atoms with Crippen molar-refractivity contribution in [3.8, 4) is 11.1 Å². The minimum absolute atomic E-state index is 0.145. The molecular formula is C22H19ClFN5O2. The van der Waals surface area contributed by atoms with Crippen molar-refractivity contribution < 1.29 is 9.13 Å². The Bertz CT molecular complexity index is 1310. The van der Waals surface area contributed by atoms with Crippen LogP contribution in [0.25, 0.3) is 22.2 Å². The summed E-state index contributed by atoms with van der Waals surface area (Å²) in [5.74, 6) is 0.108. The summed E-state index contributed by atoms with van der Waals surface area (Å²) in [5, 5.41) is 4.65. The number of pyridine rings is 2. The van der Waals surface area contributed by atoms with Crippen molar-refractivity contribution in [3.63, 3.8) is 0 Å². The highest BCUT2D eigenvalue weighted by Gasteiger charge is 2.20. The molecule has 1 aromatic carbocycles. The quantitative estimate of drug-likeness (QED) is 0.441. The molecule has 0 bridgehead atoms. The second kappa shape index (κ2) is 8.05. The molecule has 5 rings (SSSR count). The van der Waals surface area contributed by atoms with Gasteiger partial charge in [0.25, 0.3) is 5.56 Å². The number of rotatable bonds is 4. The molecule has 0 aliphatic carbocycles. The maximum Gasteiger partial charge on any atom is 0.257 e. The Hall–Kier alpha value is -3.36. The molecule has 1 aliphatic heterocycles. The molecular weight excluding hydrogens is 421 g/mol. The van der Waals surface area contributed by atoms with E-state index in [4.69, 9.17) is 16.3 Å². The number of morpholine rings is 1. The fourth-order valence-corrected chi connectivity index (χ4v) is 3.94. The fraction of sp³-hybridized carbons (Fsp3) is 0.182. The maximum absolute atomic E-state index is 14.5. The first kappa shape index (κ1) is 19.6. The summed E-state index contributed by atoms with van der Waals surface area (Å²) in [6.45, 7) is 2.38. The molecule has 1 saturated heterocycles. The summed E-state index contributed by atoms with van der Waals surface area (Å²) in [7, 11) is 0. The first-order chi connectivity index (χ1) is 15.1. The molecule has 3 aromatic heterocycles. The number of nitrogens with one attached hydrogen (secondary N) is 3. The van der Waals surface area contributed by atoms with E-state index in [1.54, 1.807) is 12.3 Å². The molecule has 7 nitrogen and oxygen atoms in total. The zero-order chi connectivity index (χ0) is 21.4. The van der Waals surface area contributed by atoms with Crippen molar-refractivity contribution in [3.05, 3.63) is 70.0 Å². The molecule has 0 saturated carbocycles. The maximum atomic E-state index is 14.5. The summed E-state index contributed by atoms with van der Waals surface area (Å²) in [6.07, 6.45) is 3.50. The topological polar surface area (TPSA) is 86.0 Å². The average Bonchev–Trinajstić information content (AvgIpc) is 3.27. The van der Waals surface area contributed by atoms with Gasteiger partial charge in [0.1, 0.15) is 17.3 Å². The minimum atomic E-state index is -0.517. The molecule has 9 heteroatoms. The molecule has 1 fully saturated rings. The molecule has 4 heterocycles. The smallest absolute Gasteiger partial charge is 0.257 e. The number of hydrogen-bond donors (Lipinski definition) is 3. The van der Waals surface area contributed by atoms with Crippen LogP contribution in [-0.2, 0) is 4.74 Å². The first-order valence-corrected chi connectivity index (χ1v) is 10.2. The van der Waals surface area contributed by atoms with E-state index < -0.39 is 11.4 Å². The predicted molar refractivity (Wildman–Crippen MR) is 120 cm³/mol. The molecule has 0 unspecified atom stereocenters. The van der Waals surface area contributed by atoms with Gasteiger partial charge in [-0.05, 0) is 36.4 Å². The Morgan fingerprint density at radius 3 is 2.77 bits per heavy atom. The Balaban J connectivity index is 1.67. The summed E-state index contributed by atoms with van der Waals surface area (Å²) < 4.78 is 20.0. The first-order valence-electron chi connectivity index (χ1n) is 9.85. The molecule has 31 heavy (non-hydrogen) atoms. The number of aromatic amines is 2. The van der Waals surface area contributed by atoms with Gasteiger partial charge in [0, 0.05) is 41.5 Å². The van der Waals surface area contributed by atoms with Crippen LogP contribution in [-0.4, -0.2) is 41.3 Å². The normalized spacial score (nSPS) is 14.2. The van der Waals surface area contributed by atoms with Crippen molar-refractivity contribution in [2.75, 3.05) is 36.5 Å². The van der Waals surface area contributed by atoms with Crippen molar-refractivity contribution in [2.45, 2.75) is 0 Å². The lowest BCUT2D eigenvalue weighted by atomic mass is 10.1. The molecule has 0 spiro atoms. The molecule has 158 valence electrons. The average molecular weight is 440 g/mol. The fourth-order valence-electron chi connectivity index (χ4n) is 3.77. The molecule has 0 atom stereocenters. The number of benzene rings is 1. The summed E-state index contributed by atoms with van der Waals surface area (Å²) in [6, 6.07) is 9.60. The number of ether oxygens (including phenoxy) is 1. The molecule has 0 amide bonds. The van der Waals surface area contributed by atoms with Crippen LogP contribution in [0.1, 0.15) is 0 Å². The van der Waals surface area contributed by atoms with Crippen LogP contribution in [0.3, 0.4) is 0 Å². The minimum Gasteiger partial charge on any atom is -0.378 e. The number of aromatic nitrogens is 3. The summed E-state index contributed by atoms with van der Waals surface area (Å²) >= 11 is 6.07. The standard InChI is InChI=1S/C22H19ClFN5O2/c23-13-1-2-17(24)15(11-13)16-12-19(21(28-22(16)30)29-7-9-31-10-8-29)27-18-4-6-26-20-14(18)3-5-25-20/h1-6,11-12H,7-10H2,(H,28,30)(H2,25,26,27). The van der Waals surface area contributed by atoms with E-state index in [0.29, 0.717) is 42.8 Å². The molecule has 4 aromatic rings. The van der Waals surface area contributed by atoms with Crippen LogP contribution < -0.4 is 15.8 Å². The largest absolute Gasteiger partial charge is 0.378 e. The van der Waals surface area contributed by atoms with E-state index in [9.17, 15) is 9.18 Å². The van der Waals surface area contributed by atoms with Crippen LogP contribution in [0.4, 0.5) is 21.6 Å². The van der Waals surface area contributed by atoms with Crippen molar-refractivity contribution in [1.82, 2.24) is 15.0 Å². The van der Waals surface area contributed by atoms with Gasteiger partial charge >= 0.3 is 0 Å². The van der Waals surface area contributed by atoms with E-state index in [-0.39, 0.29) is 11.1 Å². The van der Waals surface area contributed by atoms with Gasteiger partial charge < -0.3 is 24.9 Å². The van der Waals surface area contributed by atoms with E-state index >= 15 is 0 Å². The van der Waals surface area contributed by atoms with Gasteiger partial charge in [-0.25, -0.2) is 9.37 Å². The van der Waals surface area contributed by atoms with Crippen LogP contribution in [0.2, 0.25) is 5.02 Å². The summed E-state index contributed by atoms with van der Waals surface area (Å²) in [5.41, 5.74) is 2.14.